The average molecular weight is 1310 g/mol. The van der Waals surface area contributed by atoms with Gasteiger partial charge in [-0.3, -0.25) is 19.2 Å². The van der Waals surface area contributed by atoms with E-state index in [-0.39, 0.29) is 88.6 Å². The van der Waals surface area contributed by atoms with Crippen LogP contribution in [0.2, 0.25) is 0 Å². The van der Waals surface area contributed by atoms with Gasteiger partial charge in [0.15, 0.2) is 46.0 Å². The molecule has 1 fully saturated rings. The minimum Gasteiger partial charge on any atom is -0.392 e. The standard InChI is InChI=1S/C21H21N5O2.C18H16N4O2.C17H13FN4O.C17H14N4O.9H2/c22-20-19(21(27)24-16-4-2-1-3-5-16)25-18(14-23-20)15-6-8-17(9-7-15)26-10-12-28-13-11-26;19-17-16(18(24)21-14-4-2-1-3-5-14)22-15(10-20-17)13-8-6-12(11-23)7-9-13;18-13-9-5-4-8-12(13)14-10-20-16(19)15(22-14)17(23)21-11-6-2-1-3-7-11;18-16-15(17(22)20-13-9-5-2-6-10-13)21-14(11-19-16)12-7-3-1-4-8-12;;;;;;;;;/h1-9,14H,10-13H2,(H2,22,23)(H,24,27);1-10,23H,11H2,(H2,19,20)(H,21,24);1-10H,(H2,19,20)(H,21,23);1-11H,(H2,18,19)(H,20,22);9*1H. The number of halogens is 1. The zero-order chi connectivity index (χ0) is 67.9. The normalized spacial score (nSPS) is 11.3. The number of aliphatic hydroxyl groups excluding tert-OH is 1. The molecule has 0 aliphatic carbocycles. The van der Waals surface area contributed by atoms with Gasteiger partial charge >= 0.3 is 0 Å². The highest BCUT2D eigenvalue weighted by Crippen LogP contribution is 2.27. The Balaban J connectivity index is 0.000000690. The summed E-state index contributed by atoms with van der Waals surface area (Å²) in [4.78, 5) is 85.4. The number of nitrogens with two attached hydrogens (primary N) is 4. The number of rotatable bonds is 14. The number of carbonyl (C=O) groups is 4. The molecule has 0 spiro atoms. The van der Waals surface area contributed by atoms with Gasteiger partial charge in [0.25, 0.3) is 23.6 Å². The van der Waals surface area contributed by atoms with Gasteiger partial charge in [-0.15, -0.1) is 0 Å². The third-order valence-corrected chi connectivity index (χ3v) is 14.4. The van der Waals surface area contributed by atoms with E-state index in [1.807, 2.05) is 127 Å². The van der Waals surface area contributed by atoms with Crippen LogP contribution in [-0.2, 0) is 11.3 Å². The van der Waals surface area contributed by atoms with Crippen LogP contribution in [0.25, 0.3) is 45.0 Å². The number of nitrogen functional groups attached to an aromatic ring is 4. The minimum absolute atomic E-state index is 0. The Morgan fingerprint density at radius 2 is 0.701 bits per heavy atom. The van der Waals surface area contributed by atoms with E-state index in [0.29, 0.717) is 39.8 Å². The van der Waals surface area contributed by atoms with Crippen LogP contribution in [0.3, 0.4) is 0 Å². The molecule has 502 valence electrons. The van der Waals surface area contributed by atoms with E-state index >= 15 is 0 Å². The molecule has 8 aromatic carbocycles. The van der Waals surface area contributed by atoms with E-state index in [1.165, 1.54) is 18.5 Å². The lowest BCUT2D eigenvalue weighted by Crippen LogP contribution is -2.36. The Hall–Kier alpha value is -13.2. The van der Waals surface area contributed by atoms with Gasteiger partial charge in [-0.05, 0) is 78.4 Å². The van der Waals surface area contributed by atoms with Crippen LogP contribution < -0.4 is 49.1 Å². The number of nitrogens with zero attached hydrogens (tertiary/aromatic N) is 9. The van der Waals surface area contributed by atoms with Crippen LogP contribution in [-0.4, -0.2) is 94.9 Å². The summed E-state index contributed by atoms with van der Waals surface area (Å²) in [5, 5.41) is 20.1. The van der Waals surface area contributed by atoms with E-state index < -0.39 is 17.6 Å². The molecule has 5 heterocycles. The van der Waals surface area contributed by atoms with Gasteiger partial charge in [0, 0.05) is 76.6 Å². The highest BCUT2D eigenvalue weighted by atomic mass is 19.1. The quantitative estimate of drug-likeness (QED) is 0.0488. The Kier molecular flexibility index (Phi) is 22.6. The summed E-state index contributed by atoms with van der Waals surface area (Å²) in [5.41, 5.74) is 32.8. The molecule has 24 heteroatoms. The van der Waals surface area contributed by atoms with E-state index in [9.17, 15) is 23.6 Å². The lowest BCUT2D eigenvalue weighted by atomic mass is 10.1. The number of amides is 4. The number of aromatic nitrogens is 8. The number of ether oxygens (including phenoxy) is 1. The highest BCUT2D eigenvalue weighted by Gasteiger charge is 2.20. The first-order valence-corrected chi connectivity index (χ1v) is 30.2. The third-order valence-electron chi connectivity index (χ3n) is 14.4. The summed E-state index contributed by atoms with van der Waals surface area (Å²) in [6.07, 6.45) is 6.00. The van der Waals surface area contributed by atoms with Gasteiger partial charge in [0.1, 0.15) is 5.82 Å². The molecule has 4 amide bonds. The molecule has 0 radical (unpaired) electrons. The summed E-state index contributed by atoms with van der Waals surface area (Å²) in [5.74, 6) is -1.87. The van der Waals surface area contributed by atoms with Gasteiger partial charge in [0.2, 0.25) is 0 Å². The molecule has 13 N–H and O–H groups in total. The van der Waals surface area contributed by atoms with Crippen molar-refractivity contribution in [2.45, 2.75) is 6.61 Å². The molecule has 23 nitrogen and oxygen atoms in total. The second-order valence-corrected chi connectivity index (χ2v) is 21.1. The van der Waals surface area contributed by atoms with Crippen molar-refractivity contribution in [2.24, 2.45) is 0 Å². The second-order valence-electron chi connectivity index (χ2n) is 21.1. The first-order valence-electron chi connectivity index (χ1n) is 30.2. The summed E-state index contributed by atoms with van der Waals surface area (Å²) in [7, 11) is 0. The largest absolute Gasteiger partial charge is 0.392 e. The first-order chi connectivity index (χ1) is 47.3. The average Bonchev–Trinajstić information content (AvgIpc) is 0.833. The Labute approximate surface area is 570 Å². The molecule has 4 aromatic heterocycles. The molecular weight excluding hydrogens is 1230 g/mol. The number of anilines is 9. The van der Waals surface area contributed by atoms with Crippen molar-refractivity contribution >= 4 is 75.3 Å². The maximum Gasteiger partial charge on any atom is 0.278 e. The first kappa shape index (κ1) is 66.7. The van der Waals surface area contributed by atoms with Gasteiger partial charge in [-0.2, -0.15) is 0 Å². The number of hydrogen-bond acceptors (Lipinski definition) is 19. The monoisotopic (exact) mass is 1310 g/mol. The predicted molar refractivity (Wildman–Crippen MR) is 393 cm³/mol. The zero-order valence-corrected chi connectivity index (χ0v) is 51.9. The molecule has 0 bridgehead atoms. The molecule has 0 atom stereocenters. The van der Waals surface area contributed by atoms with Crippen molar-refractivity contribution in [2.75, 3.05) is 75.4 Å². The Morgan fingerprint density at radius 3 is 1.05 bits per heavy atom. The van der Waals surface area contributed by atoms with Crippen LogP contribution in [0.4, 0.5) is 56.1 Å². The summed E-state index contributed by atoms with van der Waals surface area (Å²) < 4.78 is 19.2. The fourth-order valence-electron chi connectivity index (χ4n) is 9.38. The summed E-state index contributed by atoms with van der Waals surface area (Å²) in [6, 6.07) is 67.2. The number of nitrogens with one attached hydrogen (secondary N) is 4. The number of benzene rings is 8. The minimum atomic E-state index is -0.501. The predicted octanol–water partition coefficient (Wildman–Crippen LogP) is 13.6. The number of hydrogen-bond donors (Lipinski definition) is 9. The maximum atomic E-state index is 13.9. The van der Waals surface area contributed by atoms with Gasteiger partial charge in [-0.1, -0.05) is 152 Å². The highest BCUT2D eigenvalue weighted by molar-refractivity contribution is 6.08. The molecule has 1 aliphatic heterocycles. The summed E-state index contributed by atoms with van der Waals surface area (Å²) in [6.45, 7) is 3.21. The van der Waals surface area contributed by atoms with Crippen molar-refractivity contribution in [3.8, 4) is 45.0 Å². The molecule has 0 saturated carbocycles. The van der Waals surface area contributed by atoms with E-state index in [2.05, 4.69) is 66.0 Å². The van der Waals surface area contributed by atoms with Crippen molar-refractivity contribution in [3.63, 3.8) is 0 Å². The van der Waals surface area contributed by atoms with Crippen LogP contribution in [0.15, 0.2) is 249 Å². The summed E-state index contributed by atoms with van der Waals surface area (Å²) >= 11 is 0. The lowest BCUT2D eigenvalue weighted by molar-refractivity contribution is 0.101. The van der Waals surface area contributed by atoms with E-state index in [0.717, 1.165) is 54.2 Å². The van der Waals surface area contributed by atoms with Crippen molar-refractivity contribution in [1.82, 2.24) is 39.9 Å². The van der Waals surface area contributed by atoms with Crippen LogP contribution >= 0.6 is 0 Å². The van der Waals surface area contributed by atoms with Crippen molar-refractivity contribution < 1.29 is 46.3 Å². The maximum absolute atomic E-state index is 13.9. The molecule has 0 unspecified atom stereocenters. The van der Waals surface area contributed by atoms with Gasteiger partial charge < -0.3 is 58.9 Å². The number of carbonyl (C=O) groups excluding carboxylic acids is 4. The number of aliphatic hydroxyl groups is 1. The van der Waals surface area contributed by atoms with Crippen molar-refractivity contribution in [1.29, 1.82) is 0 Å². The lowest BCUT2D eigenvalue weighted by Gasteiger charge is -2.28. The number of morpholine rings is 1. The number of para-hydroxylation sites is 4. The Bertz CT molecular complexity index is 4670. The van der Waals surface area contributed by atoms with Crippen molar-refractivity contribution in [3.05, 3.63) is 283 Å². The van der Waals surface area contributed by atoms with E-state index in [1.54, 1.807) is 103 Å². The molecule has 97 heavy (non-hydrogen) atoms. The molecule has 13 rings (SSSR count). The fourth-order valence-corrected chi connectivity index (χ4v) is 9.38. The SMILES string of the molecule is Nc1ncc(-c2ccc(CO)cc2)nc1C(=O)Nc1ccccc1.Nc1ncc(-c2ccc(N3CCOCC3)cc2)nc1C(=O)Nc1ccccc1.Nc1ncc(-c2ccccc2)nc1C(=O)Nc1ccccc1.Nc1ncc(-c2ccccc2F)nc1C(=O)Nc1ccccc1.[HH].[HH].[HH].[HH].[HH].[HH].[HH].[HH].[HH]. The molecular formula is C73H82FN17O6. The van der Waals surface area contributed by atoms with E-state index in [4.69, 9.17) is 32.8 Å². The molecule has 12 aromatic rings. The third kappa shape index (κ3) is 18.3. The fraction of sp³-hybridized carbons (Fsp3) is 0.0685. The molecule has 1 saturated heterocycles. The van der Waals surface area contributed by atoms with Crippen LogP contribution in [0.5, 0.6) is 0 Å². The van der Waals surface area contributed by atoms with Crippen LogP contribution in [0.1, 0.15) is 60.4 Å². The van der Waals surface area contributed by atoms with Gasteiger partial charge in [0.05, 0.1) is 67.4 Å². The topological polar surface area (TPSA) is 356 Å². The van der Waals surface area contributed by atoms with Crippen LogP contribution in [0, 0.1) is 5.82 Å². The Morgan fingerprint density at radius 1 is 0.402 bits per heavy atom. The molecule has 1 aliphatic rings. The van der Waals surface area contributed by atoms with Gasteiger partial charge in [-0.25, -0.2) is 44.3 Å². The second kappa shape index (κ2) is 32.9. The smallest absolute Gasteiger partial charge is 0.278 e. The zero-order valence-electron chi connectivity index (χ0n) is 51.9.